The van der Waals surface area contributed by atoms with E-state index >= 15 is 0 Å². The molecule has 21 heavy (non-hydrogen) atoms. The summed E-state index contributed by atoms with van der Waals surface area (Å²) < 4.78 is 32.5. The molecule has 1 N–H and O–H groups in total. The molecule has 0 radical (unpaired) electrons. The van der Waals surface area contributed by atoms with Crippen molar-refractivity contribution >= 4 is 0 Å². The van der Waals surface area contributed by atoms with Crippen molar-refractivity contribution in [1.82, 2.24) is 10.3 Å². The lowest BCUT2D eigenvalue weighted by molar-refractivity contribution is 0.131. The van der Waals surface area contributed by atoms with Gasteiger partial charge in [0.15, 0.2) is 5.82 Å². The fourth-order valence-electron chi connectivity index (χ4n) is 2.62. The summed E-state index contributed by atoms with van der Waals surface area (Å²) in [5, 5.41) is 3.28. The first-order valence-corrected chi connectivity index (χ1v) is 6.97. The van der Waals surface area contributed by atoms with Gasteiger partial charge in [-0.1, -0.05) is 30.3 Å². The molecule has 2 heterocycles. The Morgan fingerprint density at radius 1 is 1.24 bits per heavy atom. The Hall–Kier alpha value is -2.01. The van der Waals surface area contributed by atoms with Crippen molar-refractivity contribution in [3.63, 3.8) is 0 Å². The molecule has 0 aliphatic carbocycles. The average molecular weight is 290 g/mol. The molecule has 2 atom stereocenters. The van der Waals surface area contributed by atoms with Crippen molar-refractivity contribution in [1.29, 1.82) is 0 Å². The van der Waals surface area contributed by atoms with Crippen LogP contribution in [0.5, 0.6) is 5.88 Å². The third kappa shape index (κ3) is 3.19. The first-order chi connectivity index (χ1) is 10.2. The van der Waals surface area contributed by atoms with E-state index in [1.807, 2.05) is 30.3 Å². The maximum absolute atomic E-state index is 13.8. The minimum atomic E-state index is -0.776. The van der Waals surface area contributed by atoms with Crippen LogP contribution in [0.3, 0.4) is 0 Å². The summed E-state index contributed by atoms with van der Waals surface area (Å²) in [6.45, 7) is 1.72. The van der Waals surface area contributed by atoms with E-state index in [1.54, 1.807) is 0 Å². The first kappa shape index (κ1) is 13.9. The third-order valence-electron chi connectivity index (χ3n) is 3.67. The molecule has 1 saturated heterocycles. The molecule has 2 aromatic rings. The molecular weight excluding hydrogens is 274 g/mol. The Labute approximate surface area is 122 Å². The number of ether oxygens (including phenoxy) is 1. The number of pyridine rings is 1. The second kappa shape index (κ2) is 6.18. The molecule has 3 nitrogen and oxygen atoms in total. The number of aromatic nitrogens is 1. The van der Waals surface area contributed by atoms with Crippen LogP contribution >= 0.6 is 0 Å². The lowest BCUT2D eigenvalue weighted by atomic mass is 9.95. The van der Waals surface area contributed by atoms with Crippen molar-refractivity contribution in [2.45, 2.75) is 12.5 Å². The van der Waals surface area contributed by atoms with Gasteiger partial charge in [-0.25, -0.2) is 13.8 Å². The van der Waals surface area contributed by atoms with E-state index in [9.17, 15) is 8.78 Å². The maximum atomic E-state index is 13.8. The third-order valence-corrected chi connectivity index (χ3v) is 3.67. The molecule has 3 rings (SSSR count). The van der Waals surface area contributed by atoms with Gasteiger partial charge in [0, 0.05) is 18.5 Å². The predicted octanol–water partition coefficient (Wildman–Crippen LogP) is 3.09. The molecule has 0 amide bonds. The topological polar surface area (TPSA) is 34.1 Å². The van der Waals surface area contributed by atoms with Gasteiger partial charge in [-0.15, -0.1) is 0 Å². The highest BCUT2D eigenvalue weighted by atomic mass is 19.1. The van der Waals surface area contributed by atoms with Gasteiger partial charge < -0.3 is 10.1 Å². The Kier molecular flexibility index (Phi) is 4.10. The van der Waals surface area contributed by atoms with Gasteiger partial charge in [0.1, 0.15) is 11.9 Å². The molecule has 0 spiro atoms. The molecule has 1 aliphatic heterocycles. The van der Waals surface area contributed by atoms with Crippen molar-refractivity contribution in [2.75, 3.05) is 13.1 Å². The SMILES string of the molecule is Fc1cnc(O[C@H](c2ccccc2)[C@@H]2CCNC2)c(F)c1. The van der Waals surface area contributed by atoms with Gasteiger partial charge in [0.2, 0.25) is 0 Å². The lowest BCUT2D eigenvalue weighted by Crippen LogP contribution is -2.22. The smallest absolute Gasteiger partial charge is 0.251 e. The Bertz CT molecular complexity index is 600. The van der Waals surface area contributed by atoms with E-state index in [1.165, 1.54) is 0 Å². The Morgan fingerprint density at radius 3 is 2.71 bits per heavy atom. The second-order valence-corrected chi connectivity index (χ2v) is 5.14. The molecule has 0 bridgehead atoms. The van der Waals surface area contributed by atoms with Crippen LogP contribution in [-0.4, -0.2) is 18.1 Å². The van der Waals surface area contributed by atoms with Crippen molar-refractivity contribution in [3.05, 3.63) is 59.8 Å². The van der Waals surface area contributed by atoms with Crippen LogP contribution < -0.4 is 10.1 Å². The summed E-state index contributed by atoms with van der Waals surface area (Å²) >= 11 is 0. The van der Waals surface area contributed by atoms with E-state index in [4.69, 9.17) is 4.74 Å². The van der Waals surface area contributed by atoms with Crippen LogP contribution in [0.1, 0.15) is 18.1 Å². The number of nitrogens with one attached hydrogen (secondary N) is 1. The summed E-state index contributed by atoms with van der Waals surface area (Å²) in [7, 11) is 0. The van der Waals surface area contributed by atoms with Gasteiger partial charge in [-0.2, -0.15) is 0 Å². The van der Waals surface area contributed by atoms with Crippen LogP contribution in [0, 0.1) is 17.6 Å². The highest BCUT2D eigenvalue weighted by Crippen LogP contribution is 2.32. The maximum Gasteiger partial charge on any atom is 0.251 e. The van der Waals surface area contributed by atoms with Crippen molar-refractivity contribution < 1.29 is 13.5 Å². The Morgan fingerprint density at radius 2 is 2.05 bits per heavy atom. The monoisotopic (exact) mass is 290 g/mol. The molecule has 1 aromatic carbocycles. The highest BCUT2D eigenvalue weighted by molar-refractivity contribution is 5.22. The summed E-state index contributed by atoms with van der Waals surface area (Å²) in [6.07, 6.45) is 1.61. The molecule has 0 saturated carbocycles. The number of benzene rings is 1. The Balaban J connectivity index is 1.88. The quantitative estimate of drug-likeness (QED) is 0.939. The van der Waals surface area contributed by atoms with Gasteiger partial charge >= 0.3 is 0 Å². The van der Waals surface area contributed by atoms with Crippen molar-refractivity contribution in [2.24, 2.45) is 5.92 Å². The molecular formula is C16H16F2N2O. The van der Waals surface area contributed by atoms with E-state index in [2.05, 4.69) is 10.3 Å². The number of hydrogen-bond acceptors (Lipinski definition) is 3. The molecule has 1 fully saturated rings. The molecule has 0 unspecified atom stereocenters. The van der Waals surface area contributed by atoms with Crippen molar-refractivity contribution in [3.8, 4) is 5.88 Å². The fraction of sp³-hybridized carbons (Fsp3) is 0.312. The van der Waals surface area contributed by atoms with Crippen LogP contribution in [0.4, 0.5) is 8.78 Å². The number of halogens is 2. The minimum absolute atomic E-state index is 0.155. The van der Waals surface area contributed by atoms with Gasteiger partial charge in [0.25, 0.3) is 5.88 Å². The molecule has 1 aromatic heterocycles. The molecule has 1 aliphatic rings. The number of rotatable bonds is 4. The number of hydrogen-bond donors (Lipinski definition) is 1. The van der Waals surface area contributed by atoms with Crippen LogP contribution in [-0.2, 0) is 0 Å². The van der Waals surface area contributed by atoms with E-state index < -0.39 is 11.6 Å². The van der Waals surface area contributed by atoms with Gasteiger partial charge in [-0.05, 0) is 18.5 Å². The standard InChI is InChI=1S/C16H16F2N2O/c17-13-8-14(18)16(20-10-13)21-15(12-6-7-19-9-12)11-4-2-1-3-5-11/h1-5,8,10,12,15,19H,6-7,9H2/t12-,15-/m1/s1. The summed E-state index contributed by atoms with van der Waals surface area (Å²) in [6, 6.07) is 10.4. The van der Waals surface area contributed by atoms with Crippen LogP contribution in [0.25, 0.3) is 0 Å². The normalized spacial score (nSPS) is 19.4. The molecule has 110 valence electrons. The zero-order valence-electron chi connectivity index (χ0n) is 11.4. The average Bonchev–Trinajstić information content (AvgIpc) is 3.01. The largest absolute Gasteiger partial charge is 0.467 e. The second-order valence-electron chi connectivity index (χ2n) is 5.14. The van der Waals surface area contributed by atoms with E-state index in [0.717, 1.165) is 37.3 Å². The predicted molar refractivity (Wildman–Crippen MR) is 74.9 cm³/mol. The minimum Gasteiger partial charge on any atom is -0.467 e. The zero-order valence-corrected chi connectivity index (χ0v) is 11.4. The number of nitrogens with zero attached hydrogens (tertiary/aromatic N) is 1. The summed E-state index contributed by atoms with van der Waals surface area (Å²) in [5.41, 5.74) is 0.969. The first-order valence-electron chi connectivity index (χ1n) is 6.97. The highest BCUT2D eigenvalue weighted by Gasteiger charge is 2.29. The van der Waals surface area contributed by atoms with Gasteiger partial charge in [-0.3, -0.25) is 0 Å². The molecule has 5 heteroatoms. The van der Waals surface area contributed by atoms with Crippen LogP contribution in [0.2, 0.25) is 0 Å². The fourth-order valence-corrected chi connectivity index (χ4v) is 2.62. The summed E-state index contributed by atoms with van der Waals surface area (Å²) in [5.74, 6) is -1.41. The summed E-state index contributed by atoms with van der Waals surface area (Å²) in [4.78, 5) is 3.72. The lowest BCUT2D eigenvalue weighted by Gasteiger charge is -2.24. The zero-order chi connectivity index (χ0) is 14.7. The van der Waals surface area contributed by atoms with E-state index in [-0.39, 0.29) is 17.9 Å². The van der Waals surface area contributed by atoms with E-state index in [0.29, 0.717) is 0 Å². The van der Waals surface area contributed by atoms with Gasteiger partial charge in [0.05, 0.1) is 6.20 Å². The van der Waals surface area contributed by atoms with Crippen LogP contribution in [0.15, 0.2) is 42.6 Å².